The minimum Gasteiger partial charge on any atom is -0.496 e. The molecule has 2 aromatic rings. The molecule has 2 aromatic carbocycles. The fourth-order valence-corrected chi connectivity index (χ4v) is 4.85. The molecule has 1 aliphatic heterocycles. The second-order valence-electron chi connectivity index (χ2n) is 7.48. The molecule has 6 nitrogen and oxygen atoms in total. The van der Waals surface area contributed by atoms with Gasteiger partial charge in [0.25, 0.3) is 16.0 Å². The summed E-state index contributed by atoms with van der Waals surface area (Å²) in [6, 6.07) is 12.4. The summed E-state index contributed by atoms with van der Waals surface area (Å²) in [5.74, 6) is 0.0151. The number of likely N-dealkylation sites (tertiary alicyclic amines) is 1. The van der Waals surface area contributed by atoms with E-state index in [1.165, 1.54) is 7.11 Å². The van der Waals surface area contributed by atoms with Gasteiger partial charge in [-0.25, -0.2) is 0 Å². The van der Waals surface area contributed by atoms with Gasteiger partial charge in [-0.1, -0.05) is 41.4 Å². The van der Waals surface area contributed by atoms with Crippen molar-refractivity contribution in [2.24, 2.45) is 0 Å². The van der Waals surface area contributed by atoms with Crippen LogP contribution in [0.25, 0.3) is 0 Å². The summed E-state index contributed by atoms with van der Waals surface area (Å²) in [7, 11) is -2.55. The molecule has 9 heteroatoms. The lowest BCUT2D eigenvalue weighted by Gasteiger charge is -2.30. The van der Waals surface area contributed by atoms with Crippen molar-refractivity contribution in [2.45, 2.75) is 24.7 Å². The Morgan fingerprint density at radius 2 is 1.93 bits per heavy atom. The molecule has 1 saturated heterocycles. The number of carbonyl (C=O) groups excluding carboxylic acids is 1. The fraction of sp³-hybridized carbons (Fsp3) is 0.381. The van der Waals surface area contributed by atoms with Gasteiger partial charge in [0, 0.05) is 18.5 Å². The van der Waals surface area contributed by atoms with Crippen molar-refractivity contribution in [3.63, 3.8) is 0 Å². The quantitative estimate of drug-likeness (QED) is 0.602. The van der Waals surface area contributed by atoms with Crippen LogP contribution in [-0.2, 0) is 15.5 Å². The Morgan fingerprint density at radius 3 is 2.60 bits per heavy atom. The Morgan fingerprint density at radius 1 is 1.20 bits per heavy atom. The number of nitrogens with zero attached hydrogens (tertiary/aromatic N) is 1. The van der Waals surface area contributed by atoms with Crippen molar-refractivity contribution in [1.82, 2.24) is 4.90 Å². The predicted octanol–water partition coefficient (Wildman–Crippen LogP) is 4.45. The number of para-hydroxylation sites is 1. The highest BCUT2D eigenvalue weighted by Crippen LogP contribution is 2.41. The Labute approximate surface area is 186 Å². The number of hydrogen-bond acceptors (Lipinski definition) is 4. The van der Waals surface area contributed by atoms with Gasteiger partial charge < -0.3 is 9.64 Å². The number of amides is 1. The van der Waals surface area contributed by atoms with Crippen molar-refractivity contribution >= 4 is 39.2 Å². The number of ether oxygens (including phenoxy) is 1. The molecule has 0 radical (unpaired) electrons. The second-order valence-corrected chi connectivity index (χ2v) is 9.86. The van der Waals surface area contributed by atoms with Gasteiger partial charge in [-0.2, -0.15) is 8.42 Å². The molecule has 1 N–H and O–H groups in total. The lowest BCUT2D eigenvalue weighted by atomic mass is 9.76. The molecule has 1 unspecified atom stereocenters. The standard InChI is InChI=1S/C21H23Cl2NO5S/c1-29-19-6-3-2-5-16(19)20(25)24-11-10-21(14-24,9-4-12-30(26,27)28)15-7-8-17(22)18(23)13-15/h2-3,5-8,13H,4,9-12,14H2,1H3,(H,26,27,28). The third kappa shape index (κ3) is 5.09. The maximum Gasteiger partial charge on any atom is 0.264 e. The zero-order valence-corrected chi connectivity index (χ0v) is 18.8. The van der Waals surface area contributed by atoms with Gasteiger partial charge in [0.15, 0.2) is 0 Å². The van der Waals surface area contributed by atoms with Gasteiger partial charge in [0.1, 0.15) is 5.75 Å². The zero-order chi connectivity index (χ0) is 21.9. The number of benzene rings is 2. The zero-order valence-electron chi connectivity index (χ0n) is 16.5. The number of methoxy groups -OCH3 is 1. The molecule has 1 heterocycles. The Kier molecular flexibility index (Phi) is 6.97. The number of hydrogen-bond donors (Lipinski definition) is 1. The first-order valence-electron chi connectivity index (χ1n) is 9.48. The highest BCUT2D eigenvalue weighted by atomic mass is 35.5. The van der Waals surface area contributed by atoms with Gasteiger partial charge in [-0.3, -0.25) is 9.35 Å². The first kappa shape index (κ1) is 22.9. The lowest BCUT2D eigenvalue weighted by molar-refractivity contribution is 0.0779. The van der Waals surface area contributed by atoms with Gasteiger partial charge in [0.05, 0.1) is 28.5 Å². The lowest BCUT2D eigenvalue weighted by Crippen LogP contribution is -2.35. The monoisotopic (exact) mass is 471 g/mol. The highest BCUT2D eigenvalue weighted by molar-refractivity contribution is 7.85. The fourth-order valence-electron chi connectivity index (χ4n) is 4.04. The Bertz CT molecular complexity index is 1040. The molecule has 3 rings (SSSR count). The van der Waals surface area contributed by atoms with Crippen LogP contribution < -0.4 is 4.74 Å². The minimum absolute atomic E-state index is 0.149. The van der Waals surface area contributed by atoms with Crippen LogP contribution in [0.1, 0.15) is 35.2 Å². The molecule has 0 saturated carbocycles. The number of carbonyl (C=O) groups is 1. The molecule has 0 aromatic heterocycles. The second kappa shape index (κ2) is 9.14. The largest absolute Gasteiger partial charge is 0.496 e. The van der Waals surface area contributed by atoms with Crippen molar-refractivity contribution in [2.75, 3.05) is 26.0 Å². The normalized spacial score (nSPS) is 19.1. The third-order valence-corrected chi connectivity index (χ3v) is 7.11. The molecule has 0 bridgehead atoms. The summed E-state index contributed by atoms with van der Waals surface area (Å²) in [5, 5.41) is 0.825. The number of halogens is 2. The van der Waals surface area contributed by atoms with Crippen LogP contribution in [0.3, 0.4) is 0 Å². The third-order valence-electron chi connectivity index (χ3n) is 5.57. The van der Waals surface area contributed by atoms with E-state index in [0.29, 0.717) is 47.3 Å². The molecule has 0 spiro atoms. The molecule has 1 atom stereocenters. The van der Waals surface area contributed by atoms with E-state index in [1.807, 2.05) is 6.07 Å². The van der Waals surface area contributed by atoms with Crippen molar-refractivity contribution < 1.29 is 22.5 Å². The van der Waals surface area contributed by atoms with Crippen LogP contribution in [0.15, 0.2) is 42.5 Å². The maximum atomic E-state index is 13.2. The first-order valence-corrected chi connectivity index (χ1v) is 11.8. The summed E-state index contributed by atoms with van der Waals surface area (Å²) in [6.45, 7) is 0.899. The molecular weight excluding hydrogens is 449 g/mol. The van der Waals surface area contributed by atoms with Crippen molar-refractivity contribution in [1.29, 1.82) is 0 Å². The molecule has 1 fully saturated rings. The SMILES string of the molecule is COc1ccccc1C(=O)N1CCC(CCCS(=O)(=O)O)(c2ccc(Cl)c(Cl)c2)C1. The van der Waals surface area contributed by atoms with E-state index in [4.69, 9.17) is 32.5 Å². The molecule has 1 amide bonds. The molecule has 1 aliphatic rings. The summed E-state index contributed by atoms with van der Waals surface area (Å²) in [5.41, 5.74) is 0.877. The summed E-state index contributed by atoms with van der Waals surface area (Å²) < 4.78 is 36.9. The van der Waals surface area contributed by atoms with Gasteiger partial charge in [-0.15, -0.1) is 0 Å². The molecule has 30 heavy (non-hydrogen) atoms. The van der Waals surface area contributed by atoms with Crippen LogP contribution in [0, 0.1) is 0 Å². The van der Waals surface area contributed by atoms with Crippen LogP contribution in [0.5, 0.6) is 5.75 Å². The first-order chi connectivity index (χ1) is 14.1. The maximum absolute atomic E-state index is 13.2. The predicted molar refractivity (Wildman–Crippen MR) is 117 cm³/mol. The van der Waals surface area contributed by atoms with E-state index in [9.17, 15) is 13.2 Å². The van der Waals surface area contributed by atoms with Crippen LogP contribution >= 0.6 is 23.2 Å². The van der Waals surface area contributed by atoms with E-state index >= 15 is 0 Å². The van der Waals surface area contributed by atoms with Gasteiger partial charge in [0.2, 0.25) is 0 Å². The van der Waals surface area contributed by atoms with E-state index in [1.54, 1.807) is 41.3 Å². The van der Waals surface area contributed by atoms with Crippen LogP contribution in [0.4, 0.5) is 0 Å². The Hall–Kier alpha value is -1.80. The summed E-state index contributed by atoms with van der Waals surface area (Å²) in [4.78, 5) is 14.9. The van der Waals surface area contributed by atoms with Crippen LogP contribution in [0.2, 0.25) is 10.0 Å². The highest BCUT2D eigenvalue weighted by Gasteiger charge is 2.42. The van der Waals surface area contributed by atoms with Crippen molar-refractivity contribution in [3.8, 4) is 5.75 Å². The van der Waals surface area contributed by atoms with E-state index < -0.39 is 15.5 Å². The summed E-state index contributed by atoms with van der Waals surface area (Å²) >= 11 is 12.3. The topological polar surface area (TPSA) is 83.9 Å². The smallest absolute Gasteiger partial charge is 0.264 e. The van der Waals surface area contributed by atoms with Crippen LogP contribution in [-0.4, -0.2) is 49.7 Å². The average Bonchev–Trinajstić information content (AvgIpc) is 3.14. The summed E-state index contributed by atoms with van der Waals surface area (Å²) in [6.07, 6.45) is 1.37. The van der Waals surface area contributed by atoms with Gasteiger partial charge >= 0.3 is 0 Å². The average molecular weight is 472 g/mol. The Balaban J connectivity index is 1.89. The number of rotatable bonds is 7. The van der Waals surface area contributed by atoms with Crippen molar-refractivity contribution in [3.05, 3.63) is 63.6 Å². The molecule has 0 aliphatic carbocycles. The molecule has 162 valence electrons. The molecular formula is C21H23Cl2NO5S. The minimum atomic E-state index is -4.07. The van der Waals surface area contributed by atoms with E-state index in [-0.39, 0.29) is 18.1 Å². The van der Waals surface area contributed by atoms with E-state index in [0.717, 1.165) is 5.56 Å². The van der Waals surface area contributed by atoms with Gasteiger partial charge in [-0.05, 0) is 49.1 Å². The van der Waals surface area contributed by atoms with E-state index in [2.05, 4.69) is 0 Å².